The van der Waals surface area contributed by atoms with Gasteiger partial charge in [-0.05, 0) is 74.8 Å². The van der Waals surface area contributed by atoms with Gasteiger partial charge in [0.25, 0.3) is 5.56 Å². The van der Waals surface area contributed by atoms with Crippen molar-refractivity contribution < 1.29 is 0 Å². The molecular formula is C28H25N9O. The van der Waals surface area contributed by atoms with E-state index in [1.54, 1.807) is 23.1 Å². The summed E-state index contributed by atoms with van der Waals surface area (Å²) in [6.45, 7) is 2.26. The Balaban J connectivity index is 1.27. The van der Waals surface area contributed by atoms with E-state index in [2.05, 4.69) is 61.5 Å². The van der Waals surface area contributed by atoms with Crippen LogP contribution in [-0.4, -0.2) is 59.2 Å². The number of fused-ring (bicyclic) bond motifs is 4. The Morgan fingerprint density at radius 1 is 0.868 bits per heavy atom. The summed E-state index contributed by atoms with van der Waals surface area (Å²) in [4.78, 5) is 38.6. The third-order valence-electron chi connectivity index (χ3n) is 7.28. The number of hydrogen-bond donors (Lipinski definition) is 1. The van der Waals surface area contributed by atoms with Crippen molar-refractivity contribution in [2.75, 3.05) is 25.5 Å². The Morgan fingerprint density at radius 2 is 1.63 bits per heavy atom. The van der Waals surface area contributed by atoms with Gasteiger partial charge < -0.3 is 10.2 Å². The van der Waals surface area contributed by atoms with Crippen LogP contribution in [0.2, 0.25) is 0 Å². The van der Waals surface area contributed by atoms with Crippen molar-refractivity contribution in [3.05, 3.63) is 89.1 Å². The first-order valence-electron chi connectivity index (χ1n) is 12.7. The lowest BCUT2D eigenvalue weighted by atomic mass is 9.89. The first-order chi connectivity index (χ1) is 18.7. The minimum absolute atomic E-state index is 0.289. The highest BCUT2D eigenvalue weighted by Gasteiger charge is 2.20. The lowest BCUT2D eigenvalue weighted by Gasteiger charge is -2.29. The van der Waals surface area contributed by atoms with E-state index in [4.69, 9.17) is 4.98 Å². The van der Waals surface area contributed by atoms with E-state index >= 15 is 0 Å². The zero-order valence-corrected chi connectivity index (χ0v) is 20.8. The first-order valence-corrected chi connectivity index (χ1v) is 12.7. The summed E-state index contributed by atoms with van der Waals surface area (Å²) in [5, 5.41) is 4.38. The van der Waals surface area contributed by atoms with Gasteiger partial charge in [-0.25, -0.2) is 24.6 Å². The predicted octanol–water partition coefficient (Wildman–Crippen LogP) is 3.92. The molecule has 0 bridgehead atoms. The second-order valence-corrected chi connectivity index (χ2v) is 9.69. The van der Waals surface area contributed by atoms with Crippen LogP contribution in [0.3, 0.4) is 0 Å². The molecule has 0 unspecified atom stereocenters. The van der Waals surface area contributed by atoms with Crippen LogP contribution in [0.25, 0.3) is 33.5 Å². The van der Waals surface area contributed by atoms with Crippen LogP contribution in [0, 0.1) is 0 Å². The van der Waals surface area contributed by atoms with E-state index in [0.717, 1.165) is 29.7 Å². The summed E-state index contributed by atoms with van der Waals surface area (Å²) >= 11 is 0. The van der Waals surface area contributed by atoms with Crippen LogP contribution in [0.1, 0.15) is 24.3 Å². The number of likely N-dealkylation sites (tertiary alicyclic amines) is 1. The van der Waals surface area contributed by atoms with Crippen LogP contribution in [0.4, 0.5) is 11.6 Å². The van der Waals surface area contributed by atoms with Crippen molar-refractivity contribution in [3.63, 3.8) is 0 Å². The normalized spacial score (nSPS) is 15.0. The third kappa shape index (κ3) is 3.77. The largest absolute Gasteiger partial charge is 0.324 e. The highest BCUT2D eigenvalue weighted by molar-refractivity contribution is 5.95. The zero-order chi connectivity index (χ0) is 25.6. The summed E-state index contributed by atoms with van der Waals surface area (Å²) < 4.78 is 3.16. The number of rotatable bonds is 4. The molecule has 1 N–H and O–H groups in total. The fraction of sp³-hybridized carbons (Fsp3) is 0.214. The molecule has 7 rings (SSSR count). The number of nitrogens with one attached hydrogen (secondary N) is 1. The molecular weight excluding hydrogens is 478 g/mol. The second kappa shape index (κ2) is 9.00. The zero-order valence-electron chi connectivity index (χ0n) is 20.8. The van der Waals surface area contributed by atoms with Crippen molar-refractivity contribution in [3.8, 4) is 5.95 Å². The summed E-state index contributed by atoms with van der Waals surface area (Å²) in [6, 6.07) is 17.9. The molecule has 2 aromatic carbocycles. The van der Waals surface area contributed by atoms with Gasteiger partial charge >= 0.3 is 0 Å². The van der Waals surface area contributed by atoms with Gasteiger partial charge in [0.2, 0.25) is 11.9 Å². The number of benzene rings is 2. The summed E-state index contributed by atoms with van der Waals surface area (Å²) in [5.74, 6) is 1.36. The molecule has 0 radical (unpaired) electrons. The van der Waals surface area contributed by atoms with Gasteiger partial charge in [-0.1, -0.05) is 24.3 Å². The molecule has 0 atom stereocenters. The molecule has 1 aliphatic rings. The Hall–Kier alpha value is -4.70. The van der Waals surface area contributed by atoms with Gasteiger partial charge in [0.15, 0.2) is 11.3 Å². The average Bonchev–Trinajstić information content (AvgIpc) is 3.29. The molecule has 0 saturated carbocycles. The number of para-hydroxylation sites is 1. The van der Waals surface area contributed by atoms with E-state index in [1.165, 1.54) is 29.1 Å². The summed E-state index contributed by atoms with van der Waals surface area (Å²) in [5.41, 5.74) is 3.54. The Kier molecular flexibility index (Phi) is 5.33. The molecule has 1 saturated heterocycles. The number of piperidine rings is 1. The minimum Gasteiger partial charge on any atom is -0.324 e. The van der Waals surface area contributed by atoms with Gasteiger partial charge in [-0.15, -0.1) is 0 Å². The molecule has 0 spiro atoms. The van der Waals surface area contributed by atoms with Gasteiger partial charge in [0, 0.05) is 29.7 Å². The molecule has 10 nitrogen and oxygen atoms in total. The minimum atomic E-state index is -0.289. The number of anilines is 2. The molecule has 6 aromatic rings. The van der Waals surface area contributed by atoms with Crippen LogP contribution in [0.5, 0.6) is 0 Å². The van der Waals surface area contributed by atoms with E-state index in [-0.39, 0.29) is 5.56 Å². The number of nitrogens with zero attached hydrogens (tertiary/aromatic N) is 8. The highest BCUT2D eigenvalue weighted by Crippen LogP contribution is 2.29. The monoisotopic (exact) mass is 503 g/mol. The Bertz CT molecular complexity index is 1840. The molecule has 5 heterocycles. The van der Waals surface area contributed by atoms with Crippen molar-refractivity contribution in [1.82, 2.24) is 39.0 Å². The van der Waals surface area contributed by atoms with Crippen molar-refractivity contribution in [1.29, 1.82) is 0 Å². The Labute approximate surface area is 217 Å². The highest BCUT2D eigenvalue weighted by atomic mass is 16.1. The lowest BCUT2D eigenvalue weighted by Crippen LogP contribution is -2.29. The van der Waals surface area contributed by atoms with Crippen molar-refractivity contribution >= 4 is 39.2 Å². The predicted molar refractivity (Wildman–Crippen MR) is 146 cm³/mol. The molecule has 38 heavy (non-hydrogen) atoms. The first kappa shape index (κ1) is 22.5. The molecule has 0 aliphatic carbocycles. The van der Waals surface area contributed by atoms with Crippen LogP contribution in [-0.2, 0) is 0 Å². The summed E-state index contributed by atoms with van der Waals surface area (Å²) in [7, 11) is 2.18. The maximum absolute atomic E-state index is 13.7. The number of hydrogen-bond acceptors (Lipinski definition) is 8. The third-order valence-corrected chi connectivity index (χ3v) is 7.28. The van der Waals surface area contributed by atoms with Crippen molar-refractivity contribution in [2.45, 2.75) is 18.8 Å². The smallest absolute Gasteiger partial charge is 0.284 e. The Morgan fingerprint density at radius 3 is 2.42 bits per heavy atom. The molecule has 10 heteroatoms. The lowest BCUT2D eigenvalue weighted by molar-refractivity contribution is 0.255. The van der Waals surface area contributed by atoms with E-state index < -0.39 is 0 Å². The maximum atomic E-state index is 13.7. The van der Waals surface area contributed by atoms with E-state index in [1.807, 2.05) is 24.3 Å². The number of aromatic nitrogens is 7. The quantitative estimate of drug-likeness (QED) is 0.386. The standard InChI is InChI=1S/C28H25N9O/c1-35-15-11-19(12-16-35)18-7-9-20(10-8-18)32-27-31-17-22-24(34-27)33-25-21-5-2-3-6-23(21)36(37(25)26(22)38)28-29-13-4-14-30-28/h2-10,13-14,17,19H,11-12,15-16H2,1H3,(H,31,32,34). The fourth-order valence-electron chi connectivity index (χ4n) is 5.25. The molecule has 4 aromatic heterocycles. The van der Waals surface area contributed by atoms with Gasteiger partial charge in [0.1, 0.15) is 5.39 Å². The molecule has 0 amide bonds. The van der Waals surface area contributed by atoms with Gasteiger partial charge in [-0.2, -0.15) is 9.50 Å². The topological polar surface area (TPSA) is 106 Å². The van der Waals surface area contributed by atoms with E-state index in [0.29, 0.717) is 34.5 Å². The van der Waals surface area contributed by atoms with Crippen molar-refractivity contribution in [2.24, 2.45) is 0 Å². The fourth-order valence-corrected chi connectivity index (χ4v) is 5.25. The average molecular weight is 504 g/mol. The van der Waals surface area contributed by atoms with Crippen LogP contribution < -0.4 is 10.9 Å². The van der Waals surface area contributed by atoms with Crippen LogP contribution in [0.15, 0.2) is 78.0 Å². The van der Waals surface area contributed by atoms with Crippen LogP contribution >= 0.6 is 0 Å². The van der Waals surface area contributed by atoms with E-state index in [9.17, 15) is 4.79 Å². The maximum Gasteiger partial charge on any atom is 0.284 e. The molecule has 188 valence electrons. The molecule has 1 fully saturated rings. The SMILES string of the molecule is CN1CCC(c2ccc(Nc3ncc4c(=O)n5c(nc4n3)c3ccccc3n5-c3ncccn3)cc2)CC1. The van der Waals surface area contributed by atoms with Gasteiger partial charge in [0.05, 0.1) is 5.52 Å². The summed E-state index contributed by atoms with van der Waals surface area (Å²) in [6.07, 6.45) is 7.17. The van der Waals surface area contributed by atoms with Gasteiger partial charge in [-0.3, -0.25) is 4.79 Å². The molecule has 1 aliphatic heterocycles. The second-order valence-electron chi connectivity index (χ2n) is 9.69.